The number of anilines is 2. The second-order valence-corrected chi connectivity index (χ2v) is 10.8. The number of hydrogen-bond donors (Lipinski definition) is 5. The van der Waals surface area contributed by atoms with Crippen LogP contribution in [0.4, 0.5) is 11.4 Å². The first-order valence-corrected chi connectivity index (χ1v) is 12.4. The zero-order valence-corrected chi connectivity index (χ0v) is 22.9. The molecule has 180 valence electrons. The smallest absolute Gasteiger partial charge is 0.191 e. The van der Waals surface area contributed by atoms with Crippen molar-refractivity contribution in [2.24, 2.45) is 10.5 Å². The van der Waals surface area contributed by atoms with Gasteiger partial charge in [-0.25, -0.2) is 0 Å². The molecule has 0 unspecified atom stereocenters. The van der Waals surface area contributed by atoms with Crippen LogP contribution in [0.25, 0.3) is 0 Å². The monoisotopic (exact) mass is 574 g/mol. The van der Waals surface area contributed by atoms with Crippen molar-refractivity contribution < 1.29 is 0 Å². The van der Waals surface area contributed by atoms with E-state index in [1.54, 1.807) is 36.4 Å². The summed E-state index contributed by atoms with van der Waals surface area (Å²) in [6.07, 6.45) is 3.51. The van der Waals surface area contributed by atoms with Crippen LogP contribution in [-0.4, -0.2) is 15.9 Å². The Morgan fingerprint density at radius 2 is 1.41 bits per heavy atom. The first-order valence-electron chi connectivity index (χ1n) is 10.1. The van der Waals surface area contributed by atoms with Gasteiger partial charge in [0.15, 0.2) is 10.2 Å². The van der Waals surface area contributed by atoms with Gasteiger partial charge in [0.2, 0.25) is 0 Å². The number of halogens is 4. The van der Waals surface area contributed by atoms with E-state index < -0.39 is 0 Å². The van der Waals surface area contributed by atoms with E-state index >= 15 is 0 Å². The summed E-state index contributed by atoms with van der Waals surface area (Å²) in [5.41, 5.74) is 12.0. The van der Waals surface area contributed by atoms with Gasteiger partial charge in [-0.05, 0) is 85.2 Å². The summed E-state index contributed by atoms with van der Waals surface area (Å²) >= 11 is 34.9. The highest BCUT2D eigenvalue weighted by atomic mass is 35.5. The second kappa shape index (κ2) is 11.7. The minimum atomic E-state index is -0.0254. The highest BCUT2D eigenvalue weighted by Crippen LogP contribution is 2.33. The number of hydrazone groups is 1. The van der Waals surface area contributed by atoms with Crippen LogP contribution >= 0.6 is 70.8 Å². The molecule has 1 aliphatic rings. The lowest BCUT2D eigenvalue weighted by molar-refractivity contribution is 0.360. The summed E-state index contributed by atoms with van der Waals surface area (Å²) in [5, 5.41) is 13.2. The van der Waals surface area contributed by atoms with Gasteiger partial charge in [0.05, 0.1) is 27.1 Å². The van der Waals surface area contributed by atoms with Crippen LogP contribution in [0.1, 0.15) is 26.7 Å². The zero-order valence-electron chi connectivity index (χ0n) is 18.2. The molecule has 6 nitrogen and oxygen atoms in total. The van der Waals surface area contributed by atoms with Crippen molar-refractivity contribution in [2.45, 2.75) is 26.7 Å². The first-order chi connectivity index (χ1) is 16.0. The molecule has 0 aliphatic heterocycles. The summed E-state index contributed by atoms with van der Waals surface area (Å²) in [4.78, 5) is 0. The topological polar surface area (TPSA) is 72.5 Å². The zero-order chi connectivity index (χ0) is 24.9. The predicted molar refractivity (Wildman–Crippen MR) is 153 cm³/mol. The summed E-state index contributed by atoms with van der Waals surface area (Å²) in [7, 11) is 0. The lowest BCUT2D eigenvalue weighted by Gasteiger charge is -2.31. The van der Waals surface area contributed by atoms with Crippen molar-refractivity contribution in [1.29, 1.82) is 0 Å². The van der Waals surface area contributed by atoms with Crippen molar-refractivity contribution in [3.05, 3.63) is 68.3 Å². The van der Waals surface area contributed by atoms with Crippen LogP contribution in [0.2, 0.25) is 20.1 Å². The van der Waals surface area contributed by atoms with E-state index in [-0.39, 0.29) is 5.41 Å². The minimum absolute atomic E-state index is 0.0254. The third-order valence-corrected chi connectivity index (χ3v) is 6.16. The molecule has 0 aromatic heterocycles. The molecule has 0 atom stereocenters. The van der Waals surface area contributed by atoms with Gasteiger partial charge in [0, 0.05) is 15.7 Å². The number of nitrogens with one attached hydrogen (secondary N) is 5. The third-order valence-electron chi connectivity index (χ3n) is 4.67. The van der Waals surface area contributed by atoms with Crippen LogP contribution in [0.15, 0.2) is 53.3 Å². The molecular formula is C22H22Cl4N6S2. The van der Waals surface area contributed by atoms with Gasteiger partial charge in [-0.2, -0.15) is 5.10 Å². The van der Waals surface area contributed by atoms with Crippen LogP contribution < -0.4 is 26.9 Å². The lowest BCUT2D eigenvalue weighted by atomic mass is 9.78. The summed E-state index contributed by atoms with van der Waals surface area (Å²) in [5.74, 6) is 0. The summed E-state index contributed by atoms with van der Waals surface area (Å²) in [6, 6.07) is 10.2. The molecule has 3 rings (SSSR count). The Morgan fingerprint density at radius 3 is 1.97 bits per heavy atom. The molecular weight excluding hydrogens is 554 g/mol. The van der Waals surface area contributed by atoms with Gasteiger partial charge in [-0.15, -0.1) is 0 Å². The summed E-state index contributed by atoms with van der Waals surface area (Å²) in [6.45, 7) is 4.32. The van der Waals surface area contributed by atoms with E-state index in [4.69, 9.17) is 70.8 Å². The van der Waals surface area contributed by atoms with Crippen molar-refractivity contribution in [2.75, 3.05) is 10.6 Å². The molecule has 12 heteroatoms. The van der Waals surface area contributed by atoms with Crippen LogP contribution in [0.3, 0.4) is 0 Å². The highest BCUT2D eigenvalue weighted by Gasteiger charge is 2.26. The van der Waals surface area contributed by atoms with Crippen LogP contribution in [0.5, 0.6) is 0 Å². The van der Waals surface area contributed by atoms with Gasteiger partial charge in [0.25, 0.3) is 0 Å². The molecule has 0 spiro atoms. The number of hydrazine groups is 1. The quantitative estimate of drug-likeness (QED) is 0.192. The Morgan fingerprint density at radius 1 is 0.853 bits per heavy atom. The van der Waals surface area contributed by atoms with Gasteiger partial charge in [0.1, 0.15) is 0 Å². The number of hydrogen-bond acceptors (Lipinski definition) is 4. The second-order valence-electron chi connectivity index (χ2n) is 8.31. The Kier molecular flexibility index (Phi) is 9.26. The average molecular weight is 576 g/mol. The Hall–Kier alpha value is -1.81. The first kappa shape index (κ1) is 26.8. The molecule has 34 heavy (non-hydrogen) atoms. The largest absolute Gasteiger partial charge is 0.330 e. The fourth-order valence-electron chi connectivity index (χ4n) is 3.27. The Balaban J connectivity index is 1.60. The number of thiocarbonyl (C=S) groups is 2. The lowest BCUT2D eigenvalue weighted by Crippen LogP contribution is -2.42. The molecule has 2 aromatic carbocycles. The molecule has 0 heterocycles. The number of benzene rings is 2. The standard InChI is InChI=1S/C22H22Cl4N6S2/c1-22(2)10-14(29-31-20(33)27-18-5-3-12(23)7-16(18)25)9-15(11-22)30-32-21(34)28-19-6-4-13(24)8-17(19)26/h3-9,29H,10-11H2,1-2H3,(H2,27,31,33)(H2,28,32,34)/b30-15+. The van der Waals surface area contributed by atoms with Crippen LogP contribution in [0, 0.1) is 5.41 Å². The molecule has 0 radical (unpaired) electrons. The average Bonchev–Trinajstić information content (AvgIpc) is 2.74. The van der Waals surface area contributed by atoms with Crippen molar-refractivity contribution >= 4 is 98.2 Å². The highest BCUT2D eigenvalue weighted by molar-refractivity contribution is 7.80. The van der Waals surface area contributed by atoms with Gasteiger partial charge >= 0.3 is 0 Å². The molecule has 5 N–H and O–H groups in total. The van der Waals surface area contributed by atoms with Gasteiger partial charge < -0.3 is 16.1 Å². The van der Waals surface area contributed by atoms with Crippen LogP contribution in [-0.2, 0) is 0 Å². The molecule has 0 saturated carbocycles. The normalized spacial score (nSPS) is 15.8. The predicted octanol–water partition coefficient (Wildman–Crippen LogP) is 7.14. The SMILES string of the molecule is CC1(C)CC(NNC(=S)Nc2ccc(Cl)cc2Cl)=C/C(=N\NC(=S)Nc2ccc(Cl)cc2Cl)C1. The maximum absolute atomic E-state index is 6.19. The summed E-state index contributed by atoms with van der Waals surface area (Å²) < 4.78 is 0. The molecule has 1 aliphatic carbocycles. The van der Waals surface area contributed by atoms with E-state index in [1.165, 1.54) is 0 Å². The number of rotatable bonds is 5. The van der Waals surface area contributed by atoms with E-state index in [1.807, 2.05) is 6.08 Å². The van der Waals surface area contributed by atoms with E-state index in [0.717, 1.165) is 24.3 Å². The molecule has 2 aromatic rings. The maximum atomic E-state index is 6.19. The Bertz CT molecular complexity index is 1170. The Labute approximate surface area is 229 Å². The van der Waals surface area contributed by atoms with Crippen molar-refractivity contribution in [1.82, 2.24) is 16.3 Å². The molecule has 0 bridgehead atoms. The molecule has 0 amide bonds. The van der Waals surface area contributed by atoms with Gasteiger partial charge in [-0.3, -0.25) is 10.9 Å². The van der Waals surface area contributed by atoms with E-state index in [2.05, 4.69) is 45.9 Å². The minimum Gasteiger partial charge on any atom is -0.330 e. The fraction of sp³-hybridized carbons (Fsp3) is 0.227. The maximum Gasteiger partial charge on any atom is 0.191 e. The number of nitrogens with zero attached hydrogens (tertiary/aromatic N) is 1. The third kappa shape index (κ3) is 8.15. The van der Waals surface area contributed by atoms with Gasteiger partial charge in [-0.1, -0.05) is 60.3 Å². The van der Waals surface area contributed by atoms with E-state index in [0.29, 0.717) is 41.7 Å². The van der Waals surface area contributed by atoms with Crippen molar-refractivity contribution in [3.8, 4) is 0 Å². The van der Waals surface area contributed by atoms with E-state index in [9.17, 15) is 0 Å². The molecule has 0 saturated heterocycles. The fourth-order valence-corrected chi connectivity index (χ4v) is 4.50. The van der Waals surface area contributed by atoms with Crippen molar-refractivity contribution in [3.63, 3.8) is 0 Å². The number of allylic oxidation sites excluding steroid dienone is 2. The molecule has 0 fully saturated rings.